The quantitative estimate of drug-likeness (QED) is 0.921. The number of carbonyl (C=O) groups is 2. The summed E-state index contributed by atoms with van der Waals surface area (Å²) in [6, 6.07) is 5.71. The molecule has 5 nitrogen and oxygen atoms in total. The fraction of sp³-hybridized carbons (Fsp3) is 0.429. The van der Waals surface area contributed by atoms with Gasteiger partial charge in [-0.05, 0) is 31.0 Å². The number of ketones is 1. The highest BCUT2D eigenvalue weighted by atomic mass is 35.5. The fourth-order valence-electron chi connectivity index (χ4n) is 2.39. The minimum Gasteiger partial charge on any atom is -0.299 e. The molecular weight excluding hydrogens is 314 g/mol. The summed E-state index contributed by atoms with van der Waals surface area (Å²) in [6.07, 6.45) is 1.09. The van der Waals surface area contributed by atoms with Crippen molar-refractivity contribution < 1.29 is 18.0 Å². The van der Waals surface area contributed by atoms with Crippen LogP contribution in [0.4, 0.5) is 0 Å². The van der Waals surface area contributed by atoms with E-state index >= 15 is 0 Å². The van der Waals surface area contributed by atoms with Crippen molar-refractivity contribution in [1.82, 2.24) is 4.72 Å². The topological polar surface area (TPSA) is 80.3 Å². The first kappa shape index (κ1) is 16.0. The lowest BCUT2D eigenvalue weighted by Gasteiger charge is -2.24. The number of sulfonamides is 1. The van der Waals surface area contributed by atoms with Crippen molar-refractivity contribution in [3.8, 4) is 0 Å². The SMILES string of the molecule is C[C@@H]1C[C@@H](C(=O)NS(=O)(=O)c2cccc(Cl)c2)CCC1=O. The Hall–Kier alpha value is -1.40. The van der Waals surface area contributed by atoms with Crippen LogP contribution in [0.15, 0.2) is 29.2 Å². The number of Topliss-reactive ketones (excluding diaryl/α,β-unsaturated/α-hetero) is 1. The van der Waals surface area contributed by atoms with Crippen LogP contribution in [-0.2, 0) is 19.6 Å². The summed E-state index contributed by atoms with van der Waals surface area (Å²) < 4.78 is 26.3. The van der Waals surface area contributed by atoms with Gasteiger partial charge in [-0.2, -0.15) is 0 Å². The molecule has 1 aromatic carbocycles. The Morgan fingerprint density at radius 1 is 1.38 bits per heavy atom. The Morgan fingerprint density at radius 3 is 2.71 bits per heavy atom. The van der Waals surface area contributed by atoms with Gasteiger partial charge in [0.05, 0.1) is 4.90 Å². The summed E-state index contributed by atoms with van der Waals surface area (Å²) in [4.78, 5) is 23.5. The first-order chi connectivity index (χ1) is 9.79. The van der Waals surface area contributed by atoms with Gasteiger partial charge in [-0.3, -0.25) is 9.59 Å². The molecule has 1 saturated carbocycles. The Morgan fingerprint density at radius 2 is 2.10 bits per heavy atom. The van der Waals surface area contributed by atoms with Crippen molar-refractivity contribution in [2.75, 3.05) is 0 Å². The number of rotatable bonds is 3. The van der Waals surface area contributed by atoms with Crippen LogP contribution in [0.2, 0.25) is 5.02 Å². The van der Waals surface area contributed by atoms with Crippen LogP contribution < -0.4 is 4.72 Å². The van der Waals surface area contributed by atoms with E-state index in [1.807, 2.05) is 0 Å². The Kier molecular flexibility index (Phi) is 4.68. The van der Waals surface area contributed by atoms with Crippen LogP contribution in [0.25, 0.3) is 0 Å². The number of nitrogens with one attached hydrogen (secondary N) is 1. The summed E-state index contributed by atoms with van der Waals surface area (Å²) >= 11 is 5.76. The highest BCUT2D eigenvalue weighted by Gasteiger charge is 2.32. The lowest BCUT2D eigenvalue weighted by atomic mass is 9.81. The molecule has 0 heterocycles. The van der Waals surface area contributed by atoms with E-state index in [0.29, 0.717) is 19.3 Å². The largest absolute Gasteiger partial charge is 0.299 e. The van der Waals surface area contributed by atoms with Gasteiger partial charge in [0, 0.05) is 23.3 Å². The van der Waals surface area contributed by atoms with E-state index in [0.717, 1.165) is 0 Å². The second-order valence-corrected chi connectivity index (χ2v) is 7.38. The molecule has 0 aliphatic heterocycles. The van der Waals surface area contributed by atoms with Gasteiger partial charge in [-0.25, -0.2) is 13.1 Å². The Bertz CT molecular complexity index is 671. The summed E-state index contributed by atoms with van der Waals surface area (Å²) in [5.41, 5.74) is 0. The van der Waals surface area contributed by atoms with Gasteiger partial charge in [-0.15, -0.1) is 0 Å². The molecule has 0 bridgehead atoms. The van der Waals surface area contributed by atoms with Crippen LogP contribution in [0.5, 0.6) is 0 Å². The smallest absolute Gasteiger partial charge is 0.264 e. The molecule has 1 aliphatic carbocycles. The fourth-order valence-corrected chi connectivity index (χ4v) is 3.73. The van der Waals surface area contributed by atoms with Gasteiger partial charge in [0.25, 0.3) is 10.0 Å². The normalized spacial score (nSPS) is 22.9. The zero-order valence-corrected chi connectivity index (χ0v) is 13.1. The maximum Gasteiger partial charge on any atom is 0.264 e. The number of carbonyl (C=O) groups excluding carboxylic acids is 2. The molecule has 2 atom stereocenters. The van der Waals surface area contributed by atoms with E-state index in [2.05, 4.69) is 4.72 Å². The first-order valence-corrected chi connectivity index (χ1v) is 8.50. The minimum atomic E-state index is -3.93. The summed E-state index contributed by atoms with van der Waals surface area (Å²) in [6.45, 7) is 1.76. The lowest BCUT2D eigenvalue weighted by Crippen LogP contribution is -2.39. The second kappa shape index (κ2) is 6.15. The van der Waals surface area contributed by atoms with Crippen LogP contribution in [0.3, 0.4) is 0 Å². The van der Waals surface area contributed by atoms with Gasteiger partial charge in [0.1, 0.15) is 5.78 Å². The number of hydrogen-bond acceptors (Lipinski definition) is 4. The van der Waals surface area contributed by atoms with Crippen molar-refractivity contribution in [3.05, 3.63) is 29.3 Å². The maximum atomic E-state index is 12.1. The van der Waals surface area contributed by atoms with Crippen molar-refractivity contribution in [3.63, 3.8) is 0 Å². The van der Waals surface area contributed by atoms with Crippen molar-refractivity contribution >= 4 is 33.3 Å². The van der Waals surface area contributed by atoms with Gasteiger partial charge in [-0.1, -0.05) is 24.6 Å². The first-order valence-electron chi connectivity index (χ1n) is 6.64. The summed E-state index contributed by atoms with van der Waals surface area (Å²) in [7, 11) is -3.93. The van der Waals surface area contributed by atoms with Crippen LogP contribution >= 0.6 is 11.6 Å². The average molecular weight is 330 g/mol. The molecule has 2 rings (SSSR count). The zero-order valence-electron chi connectivity index (χ0n) is 11.5. The third-order valence-corrected chi connectivity index (χ3v) is 5.22. The molecule has 1 aromatic rings. The Balaban J connectivity index is 2.10. The number of hydrogen-bond donors (Lipinski definition) is 1. The molecule has 1 amide bonds. The highest BCUT2D eigenvalue weighted by molar-refractivity contribution is 7.90. The molecule has 0 radical (unpaired) electrons. The third-order valence-electron chi connectivity index (χ3n) is 3.64. The molecule has 0 aromatic heterocycles. The van der Waals surface area contributed by atoms with Crippen molar-refractivity contribution in [2.24, 2.45) is 11.8 Å². The van der Waals surface area contributed by atoms with E-state index in [9.17, 15) is 18.0 Å². The van der Waals surface area contributed by atoms with E-state index < -0.39 is 21.8 Å². The van der Waals surface area contributed by atoms with Gasteiger partial charge in [0.15, 0.2) is 0 Å². The molecule has 0 spiro atoms. The van der Waals surface area contributed by atoms with E-state index in [1.165, 1.54) is 18.2 Å². The third kappa shape index (κ3) is 3.83. The number of benzene rings is 1. The number of halogens is 1. The lowest BCUT2D eigenvalue weighted by molar-refractivity contribution is -0.129. The molecule has 21 heavy (non-hydrogen) atoms. The van der Waals surface area contributed by atoms with Crippen molar-refractivity contribution in [1.29, 1.82) is 0 Å². The molecule has 0 unspecified atom stereocenters. The molecule has 1 fully saturated rings. The van der Waals surface area contributed by atoms with E-state index in [-0.39, 0.29) is 21.6 Å². The molecular formula is C14H16ClNO4S. The standard InChI is InChI=1S/C14H16ClNO4S/c1-9-7-10(5-6-13(9)17)14(18)16-21(19,20)12-4-2-3-11(15)8-12/h2-4,8-10H,5-7H2,1H3,(H,16,18)/t9-,10+/m1/s1. The second-order valence-electron chi connectivity index (χ2n) is 5.27. The minimum absolute atomic E-state index is 0.0525. The maximum absolute atomic E-state index is 12.1. The van der Waals surface area contributed by atoms with E-state index in [4.69, 9.17) is 11.6 Å². The molecule has 0 saturated heterocycles. The van der Waals surface area contributed by atoms with Gasteiger partial charge in [0.2, 0.25) is 5.91 Å². The summed E-state index contributed by atoms with van der Waals surface area (Å²) in [5, 5.41) is 0.280. The predicted octanol–water partition coefficient (Wildman–Crippen LogP) is 2.15. The highest BCUT2D eigenvalue weighted by Crippen LogP contribution is 2.26. The molecule has 1 N–H and O–H groups in total. The predicted molar refractivity (Wildman–Crippen MR) is 78.3 cm³/mol. The molecule has 1 aliphatic rings. The Labute approximate surface area is 128 Å². The monoisotopic (exact) mass is 329 g/mol. The molecule has 114 valence electrons. The molecule has 7 heteroatoms. The van der Waals surface area contributed by atoms with Crippen LogP contribution in [0, 0.1) is 11.8 Å². The summed E-state index contributed by atoms with van der Waals surface area (Å²) in [5.74, 6) is -1.10. The average Bonchev–Trinajstić information content (AvgIpc) is 2.41. The number of amides is 1. The van der Waals surface area contributed by atoms with Crippen LogP contribution in [-0.4, -0.2) is 20.1 Å². The van der Waals surface area contributed by atoms with Gasteiger partial charge < -0.3 is 0 Å². The van der Waals surface area contributed by atoms with Crippen LogP contribution in [0.1, 0.15) is 26.2 Å². The van der Waals surface area contributed by atoms with E-state index in [1.54, 1.807) is 13.0 Å². The van der Waals surface area contributed by atoms with Gasteiger partial charge >= 0.3 is 0 Å². The zero-order chi connectivity index (χ0) is 15.6. The van der Waals surface area contributed by atoms with Crippen molar-refractivity contribution in [2.45, 2.75) is 31.1 Å².